The Kier molecular flexibility index (Phi) is 2.99. The van der Waals surface area contributed by atoms with Gasteiger partial charge >= 0.3 is 0 Å². The van der Waals surface area contributed by atoms with Gasteiger partial charge in [0.1, 0.15) is 0 Å². The lowest BCUT2D eigenvalue weighted by molar-refractivity contribution is 0.379. The van der Waals surface area contributed by atoms with Gasteiger partial charge in [-0.2, -0.15) is 4.98 Å². The predicted molar refractivity (Wildman–Crippen MR) is 72.4 cm³/mol. The highest BCUT2D eigenvalue weighted by molar-refractivity contribution is 7.99. The molecule has 21 heavy (non-hydrogen) atoms. The Balaban J connectivity index is 1.52. The highest BCUT2D eigenvalue weighted by Gasteiger charge is 2.29. The number of hydrogen-bond acceptors (Lipinski definition) is 8. The van der Waals surface area contributed by atoms with Crippen LogP contribution in [0, 0.1) is 0 Å². The molecule has 1 unspecified atom stereocenters. The molecule has 0 N–H and O–H groups in total. The molecule has 0 radical (unpaired) electrons. The van der Waals surface area contributed by atoms with Crippen molar-refractivity contribution < 1.29 is 8.94 Å². The highest BCUT2D eigenvalue weighted by Crippen LogP contribution is 2.39. The molecule has 3 aromatic rings. The first-order valence-electron chi connectivity index (χ1n) is 6.63. The van der Waals surface area contributed by atoms with Crippen molar-refractivity contribution in [2.75, 3.05) is 0 Å². The van der Waals surface area contributed by atoms with Crippen molar-refractivity contribution in [3.8, 4) is 11.6 Å². The van der Waals surface area contributed by atoms with Crippen molar-refractivity contribution in [1.29, 1.82) is 0 Å². The first kappa shape index (κ1) is 12.6. The largest absolute Gasteiger partial charge is 0.461 e. The van der Waals surface area contributed by atoms with Crippen LogP contribution in [-0.2, 0) is 0 Å². The lowest BCUT2D eigenvalue weighted by Gasteiger charge is -2.05. The van der Waals surface area contributed by atoms with E-state index in [1.54, 1.807) is 18.4 Å². The smallest absolute Gasteiger partial charge is 0.240 e. The van der Waals surface area contributed by atoms with Crippen molar-refractivity contribution in [1.82, 2.24) is 30.3 Å². The van der Waals surface area contributed by atoms with Gasteiger partial charge in [-0.1, -0.05) is 16.9 Å². The molecule has 1 aliphatic carbocycles. The molecule has 1 fully saturated rings. The number of furan rings is 1. The second kappa shape index (κ2) is 4.99. The maximum atomic E-state index is 5.30. The summed E-state index contributed by atoms with van der Waals surface area (Å²) in [5.41, 5.74) is 0. The van der Waals surface area contributed by atoms with Gasteiger partial charge in [0.25, 0.3) is 0 Å². The number of rotatable bonds is 5. The Morgan fingerprint density at radius 2 is 2.33 bits per heavy atom. The average Bonchev–Trinajstić information content (AvgIpc) is 2.94. The van der Waals surface area contributed by atoms with E-state index >= 15 is 0 Å². The van der Waals surface area contributed by atoms with Crippen LogP contribution >= 0.6 is 11.8 Å². The number of tetrazole rings is 1. The number of aromatic nitrogens is 6. The molecule has 9 heteroatoms. The number of hydrogen-bond donors (Lipinski definition) is 0. The monoisotopic (exact) mass is 304 g/mol. The molecule has 0 aliphatic heterocycles. The van der Waals surface area contributed by atoms with Crippen LogP contribution in [0.4, 0.5) is 0 Å². The van der Waals surface area contributed by atoms with E-state index < -0.39 is 0 Å². The molecule has 0 bridgehead atoms. The zero-order valence-electron chi connectivity index (χ0n) is 11.2. The molecular weight excluding hydrogens is 292 g/mol. The fraction of sp³-hybridized carbons (Fsp3) is 0.417. The molecule has 1 atom stereocenters. The SMILES string of the molecule is CC(Sc1nnnn1C1CC1)c1nc(-c2ccco2)no1. The fourth-order valence-electron chi connectivity index (χ4n) is 1.93. The van der Waals surface area contributed by atoms with E-state index in [0.717, 1.165) is 18.0 Å². The predicted octanol–water partition coefficient (Wildman–Crippen LogP) is 2.50. The Morgan fingerprint density at radius 3 is 3.10 bits per heavy atom. The molecule has 3 aromatic heterocycles. The van der Waals surface area contributed by atoms with Crippen LogP contribution in [0.3, 0.4) is 0 Å². The summed E-state index contributed by atoms with van der Waals surface area (Å²) in [4.78, 5) is 4.35. The third-order valence-electron chi connectivity index (χ3n) is 3.17. The van der Waals surface area contributed by atoms with Gasteiger partial charge in [-0.15, -0.1) is 5.10 Å². The van der Waals surface area contributed by atoms with Gasteiger partial charge in [-0.25, -0.2) is 4.68 Å². The van der Waals surface area contributed by atoms with Crippen LogP contribution in [0.5, 0.6) is 0 Å². The van der Waals surface area contributed by atoms with Crippen molar-refractivity contribution in [3.63, 3.8) is 0 Å². The van der Waals surface area contributed by atoms with Crippen molar-refractivity contribution in [3.05, 3.63) is 24.3 Å². The summed E-state index contributed by atoms with van der Waals surface area (Å²) in [6.45, 7) is 1.98. The van der Waals surface area contributed by atoms with E-state index in [4.69, 9.17) is 8.94 Å². The molecule has 3 heterocycles. The van der Waals surface area contributed by atoms with E-state index in [-0.39, 0.29) is 5.25 Å². The van der Waals surface area contributed by atoms with Gasteiger partial charge in [0.05, 0.1) is 17.6 Å². The minimum absolute atomic E-state index is 0.0373. The van der Waals surface area contributed by atoms with Crippen LogP contribution in [0.25, 0.3) is 11.6 Å². The van der Waals surface area contributed by atoms with Crippen LogP contribution in [-0.4, -0.2) is 30.3 Å². The number of thioether (sulfide) groups is 1. The normalized spacial score (nSPS) is 16.2. The third kappa shape index (κ3) is 2.44. The average molecular weight is 304 g/mol. The van der Waals surface area contributed by atoms with Gasteiger partial charge in [-0.3, -0.25) is 0 Å². The summed E-state index contributed by atoms with van der Waals surface area (Å²) in [7, 11) is 0. The molecule has 0 aromatic carbocycles. The maximum absolute atomic E-state index is 5.30. The van der Waals surface area contributed by atoms with Gasteiger partial charge in [0.15, 0.2) is 5.76 Å². The molecule has 1 saturated carbocycles. The maximum Gasteiger partial charge on any atom is 0.240 e. The van der Waals surface area contributed by atoms with Gasteiger partial charge < -0.3 is 8.94 Å². The first-order chi connectivity index (χ1) is 10.3. The summed E-state index contributed by atoms with van der Waals surface area (Å²) in [6, 6.07) is 4.02. The summed E-state index contributed by atoms with van der Waals surface area (Å²) in [6.07, 6.45) is 3.85. The second-order valence-corrected chi connectivity index (χ2v) is 6.14. The standard InChI is InChI=1S/C12H12N6O2S/c1-7(21-12-14-16-17-18(12)8-4-5-8)11-13-10(15-20-11)9-3-2-6-19-9/h2-3,6-8H,4-5H2,1H3. The Bertz CT molecular complexity index is 733. The Labute approximate surface area is 123 Å². The lowest BCUT2D eigenvalue weighted by atomic mass is 10.4. The topological polar surface area (TPSA) is 95.7 Å². The summed E-state index contributed by atoms with van der Waals surface area (Å²) in [5.74, 6) is 1.56. The van der Waals surface area contributed by atoms with E-state index in [0.29, 0.717) is 23.5 Å². The molecule has 0 saturated heterocycles. The molecule has 8 nitrogen and oxygen atoms in total. The number of nitrogens with zero attached hydrogens (tertiary/aromatic N) is 6. The Hall–Kier alpha value is -2.16. The zero-order chi connectivity index (χ0) is 14.2. The minimum Gasteiger partial charge on any atom is -0.461 e. The van der Waals surface area contributed by atoms with E-state index in [9.17, 15) is 0 Å². The zero-order valence-corrected chi connectivity index (χ0v) is 12.0. The van der Waals surface area contributed by atoms with Gasteiger partial charge in [0.2, 0.25) is 16.9 Å². The van der Waals surface area contributed by atoms with Crippen LogP contribution in [0.2, 0.25) is 0 Å². The van der Waals surface area contributed by atoms with Crippen molar-refractivity contribution in [2.24, 2.45) is 0 Å². The van der Waals surface area contributed by atoms with Gasteiger partial charge in [0, 0.05) is 0 Å². The van der Waals surface area contributed by atoms with E-state index in [1.165, 1.54) is 11.8 Å². The van der Waals surface area contributed by atoms with Gasteiger partial charge in [-0.05, 0) is 42.3 Å². The van der Waals surface area contributed by atoms with Crippen molar-refractivity contribution in [2.45, 2.75) is 36.2 Å². The quantitative estimate of drug-likeness (QED) is 0.663. The molecule has 0 amide bonds. The van der Waals surface area contributed by atoms with Crippen LogP contribution < -0.4 is 0 Å². The van der Waals surface area contributed by atoms with E-state index in [1.807, 2.05) is 11.6 Å². The molecular formula is C12H12N6O2S. The lowest BCUT2D eigenvalue weighted by Crippen LogP contribution is -2.00. The Morgan fingerprint density at radius 1 is 1.43 bits per heavy atom. The highest BCUT2D eigenvalue weighted by atomic mass is 32.2. The van der Waals surface area contributed by atoms with E-state index in [2.05, 4.69) is 25.7 Å². The van der Waals surface area contributed by atoms with Crippen LogP contribution in [0.15, 0.2) is 32.5 Å². The first-order valence-corrected chi connectivity index (χ1v) is 7.51. The second-order valence-electron chi connectivity index (χ2n) is 4.83. The molecule has 1 aliphatic rings. The minimum atomic E-state index is -0.0373. The molecule has 108 valence electrons. The summed E-state index contributed by atoms with van der Waals surface area (Å²) >= 11 is 1.51. The summed E-state index contributed by atoms with van der Waals surface area (Å²) < 4.78 is 12.4. The molecule has 0 spiro atoms. The molecule has 4 rings (SSSR count). The van der Waals surface area contributed by atoms with Crippen molar-refractivity contribution >= 4 is 11.8 Å². The van der Waals surface area contributed by atoms with Crippen LogP contribution in [0.1, 0.15) is 36.9 Å². The third-order valence-corrected chi connectivity index (χ3v) is 4.20. The fourth-order valence-corrected chi connectivity index (χ4v) is 2.82. The summed E-state index contributed by atoms with van der Waals surface area (Å²) in [5, 5.41) is 16.5.